The van der Waals surface area contributed by atoms with E-state index < -0.39 is 0 Å². The van der Waals surface area contributed by atoms with Crippen molar-refractivity contribution < 1.29 is 5.11 Å². The van der Waals surface area contributed by atoms with Crippen molar-refractivity contribution in [3.63, 3.8) is 0 Å². The number of aliphatic hydroxyl groups excluding tert-OH is 1. The summed E-state index contributed by atoms with van der Waals surface area (Å²) in [6.07, 6.45) is 6.78. The van der Waals surface area contributed by atoms with E-state index in [1.165, 1.54) is 29.7 Å². The molecule has 1 aromatic carbocycles. The van der Waals surface area contributed by atoms with Gasteiger partial charge in [-0.05, 0) is 68.1 Å². The van der Waals surface area contributed by atoms with Crippen LogP contribution in [0.15, 0.2) is 30.5 Å². The van der Waals surface area contributed by atoms with Gasteiger partial charge in [0.15, 0.2) is 0 Å². The number of benzene rings is 1. The van der Waals surface area contributed by atoms with E-state index in [4.69, 9.17) is 5.10 Å². The number of hydrogen-bond acceptors (Lipinski definition) is 2. The van der Waals surface area contributed by atoms with Crippen LogP contribution >= 0.6 is 0 Å². The van der Waals surface area contributed by atoms with E-state index in [-0.39, 0.29) is 0 Å². The van der Waals surface area contributed by atoms with Crippen LogP contribution in [0, 0.1) is 24.7 Å². The Kier molecular flexibility index (Phi) is 3.11. The van der Waals surface area contributed by atoms with Gasteiger partial charge in [-0.3, -0.25) is 0 Å². The van der Waals surface area contributed by atoms with E-state index in [2.05, 4.69) is 37.4 Å². The highest BCUT2D eigenvalue weighted by molar-refractivity contribution is 5.35. The highest BCUT2D eigenvalue weighted by Crippen LogP contribution is 2.52. The third-order valence-corrected chi connectivity index (χ3v) is 5.36. The molecule has 0 spiro atoms. The summed E-state index contributed by atoms with van der Waals surface area (Å²) in [5.74, 6) is 2.07. The number of nitrogens with zero attached hydrogens (tertiary/aromatic N) is 2. The summed E-state index contributed by atoms with van der Waals surface area (Å²) < 4.78 is 2.03. The average molecular weight is 282 g/mol. The van der Waals surface area contributed by atoms with Gasteiger partial charge in [-0.25, -0.2) is 4.68 Å². The molecule has 3 atom stereocenters. The fourth-order valence-electron chi connectivity index (χ4n) is 3.97. The van der Waals surface area contributed by atoms with Gasteiger partial charge in [-0.15, -0.1) is 0 Å². The Morgan fingerprint density at radius 1 is 1.14 bits per heavy atom. The Morgan fingerprint density at radius 2 is 1.86 bits per heavy atom. The second-order valence-corrected chi connectivity index (χ2v) is 6.63. The van der Waals surface area contributed by atoms with Gasteiger partial charge in [0, 0.05) is 12.8 Å². The minimum Gasteiger partial charge on any atom is -0.396 e. The van der Waals surface area contributed by atoms with Crippen LogP contribution in [0.2, 0.25) is 0 Å². The maximum atomic E-state index is 9.38. The number of fused-ring (bicyclic) bond motifs is 2. The summed E-state index contributed by atoms with van der Waals surface area (Å²) in [6, 6.07) is 8.54. The molecular weight excluding hydrogens is 260 g/mol. The Bertz CT molecular complexity index is 612. The van der Waals surface area contributed by atoms with Gasteiger partial charge in [-0.2, -0.15) is 5.10 Å². The molecule has 1 fully saturated rings. The van der Waals surface area contributed by atoms with Crippen molar-refractivity contribution in [1.29, 1.82) is 0 Å². The molecule has 0 aliphatic heterocycles. The van der Waals surface area contributed by atoms with Crippen molar-refractivity contribution in [2.45, 2.75) is 32.6 Å². The van der Waals surface area contributed by atoms with Crippen molar-refractivity contribution in [1.82, 2.24) is 9.78 Å². The van der Waals surface area contributed by atoms with Crippen molar-refractivity contribution in [2.24, 2.45) is 17.8 Å². The van der Waals surface area contributed by atoms with E-state index >= 15 is 0 Å². The third kappa shape index (κ3) is 2.30. The van der Waals surface area contributed by atoms with Crippen molar-refractivity contribution in [2.75, 3.05) is 6.61 Å². The van der Waals surface area contributed by atoms with Gasteiger partial charge in [0.2, 0.25) is 0 Å². The van der Waals surface area contributed by atoms with Gasteiger partial charge in [-0.1, -0.05) is 17.7 Å². The summed E-state index contributed by atoms with van der Waals surface area (Å²) in [4.78, 5) is 0. The smallest absolute Gasteiger partial charge is 0.0661 e. The molecule has 0 bridgehead atoms. The number of aryl methyl sites for hydroxylation is 3. The van der Waals surface area contributed by atoms with Crippen molar-refractivity contribution in [3.8, 4) is 5.69 Å². The highest BCUT2D eigenvalue weighted by atomic mass is 16.3. The van der Waals surface area contributed by atoms with Gasteiger partial charge in [0.05, 0.1) is 11.4 Å². The molecule has 4 rings (SSSR count). The summed E-state index contributed by atoms with van der Waals surface area (Å²) in [7, 11) is 0. The number of rotatable bonds is 2. The van der Waals surface area contributed by atoms with E-state index in [1.807, 2.05) is 4.68 Å². The Morgan fingerprint density at radius 3 is 2.57 bits per heavy atom. The third-order valence-electron chi connectivity index (χ3n) is 5.36. The second kappa shape index (κ2) is 4.99. The van der Waals surface area contributed by atoms with Crippen molar-refractivity contribution in [3.05, 3.63) is 47.3 Å². The lowest BCUT2D eigenvalue weighted by Crippen LogP contribution is -2.00. The van der Waals surface area contributed by atoms with Crippen LogP contribution in [0.25, 0.3) is 5.69 Å². The fourth-order valence-corrected chi connectivity index (χ4v) is 3.97. The summed E-state index contributed by atoms with van der Waals surface area (Å²) in [5, 5.41) is 14.2. The molecule has 2 aromatic rings. The number of hydrogen-bond donors (Lipinski definition) is 1. The average Bonchev–Trinajstić information content (AvgIpc) is 3.00. The van der Waals surface area contributed by atoms with E-state index in [1.54, 1.807) is 0 Å². The molecule has 3 heteroatoms. The molecular formula is C18H22N2O. The molecule has 1 heterocycles. The van der Waals surface area contributed by atoms with E-state index in [0.717, 1.165) is 30.4 Å². The largest absolute Gasteiger partial charge is 0.396 e. The Balaban J connectivity index is 1.58. The first-order valence-electron chi connectivity index (χ1n) is 8.01. The standard InChI is InChI=1S/C18H22N2O/c1-12-2-5-14(6-3-12)20-10-13-4-7-15-16(17(15)11-21)8-9-18(13)19-20/h2-3,5-6,10,15-17,21H,4,7-9,11H2,1H3/t15-,16+,17-/m0/s1. The van der Waals surface area contributed by atoms with Crippen LogP contribution in [0.4, 0.5) is 0 Å². The minimum atomic E-state index is 0.371. The zero-order valence-corrected chi connectivity index (χ0v) is 12.5. The molecule has 3 nitrogen and oxygen atoms in total. The lowest BCUT2D eigenvalue weighted by molar-refractivity contribution is 0.262. The van der Waals surface area contributed by atoms with Crippen molar-refractivity contribution >= 4 is 0 Å². The van der Waals surface area contributed by atoms with Gasteiger partial charge >= 0.3 is 0 Å². The first kappa shape index (κ1) is 13.1. The topological polar surface area (TPSA) is 38.0 Å². The molecule has 0 unspecified atom stereocenters. The maximum Gasteiger partial charge on any atom is 0.0661 e. The molecule has 2 aliphatic carbocycles. The van der Waals surface area contributed by atoms with Gasteiger partial charge < -0.3 is 5.11 Å². The van der Waals surface area contributed by atoms with Gasteiger partial charge in [0.1, 0.15) is 0 Å². The van der Waals surface area contributed by atoms with Crippen LogP contribution in [-0.2, 0) is 12.8 Å². The van der Waals surface area contributed by atoms with Crippen LogP contribution in [-0.4, -0.2) is 21.5 Å². The zero-order chi connectivity index (χ0) is 14.4. The lowest BCUT2D eigenvalue weighted by atomic mass is 9.99. The summed E-state index contributed by atoms with van der Waals surface area (Å²) in [5.41, 5.74) is 5.08. The minimum absolute atomic E-state index is 0.371. The summed E-state index contributed by atoms with van der Waals surface area (Å²) >= 11 is 0. The SMILES string of the molecule is Cc1ccc(-n2cc3c(n2)CC[C@H]2[C@@H](CO)[C@H]2CC3)cc1. The highest BCUT2D eigenvalue weighted by Gasteiger charge is 2.48. The quantitative estimate of drug-likeness (QED) is 0.919. The van der Waals surface area contributed by atoms with Crippen LogP contribution < -0.4 is 0 Å². The second-order valence-electron chi connectivity index (χ2n) is 6.63. The van der Waals surface area contributed by atoms with E-state index in [9.17, 15) is 5.11 Å². The molecule has 2 aliphatic rings. The van der Waals surface area contributed by atoms with Gasteiger partial charge in [0.25, 0.3) is 0 Å². The first-order chi connectivity index (χ1) is 10.3. The van der Waals surface area contributed by atoms with E-state index in [0.29, 0.717) is 12.5 Å². The summed E-state index contributed by atoms with van der Waals surface area (Å²) in [6.45, 7) is 2.48. The maximum absolute atomic E-state index is 9.38. The molecule has 0 saturated heterocycles. The van der Waals surface area contributed by atoms with Crippen LogP contribution in [0.3, 0.4) is 0 Å². The monoisotopic (exact) mass is 282 g/mol. The van der Waals surface area contributed by atoms with Crippen LogP contribution in [0.5, 0.6) is 0 Å². The predicted octanol–water partition coefficient (Wildman–Crippen LogP) is 2.91. The lowest BCUT2D eigenvalue weighted by Gasteiger charge is -2.06. The zero-order valence-electron chi connectivity index (χ0n) is 12.5. The van der Waals surface area contributed by atoms with Crippen LogP contribution in [0.1, 0.15) is 29.7 Å². The number of aliphatic hydroxyl groups is 1. The molecule has 1 aromatic heterocycles. The molecule has 1 N–H and O–H groups in total. The fraction of sp³-hybridized carbons (Fsp3) is 0.500. The molecule has 21 heavy (non-hydrogen) atoms. The molecule has 0 radical (unpaired) electrons. The first-order valence-corrected chi connectivity index (χ1v) is 8.01. The Labute approximate surface area is 125 Å². The predicted molar refractivity (Wildman–Crippen MR) is 82.5 cm³/mol. The normalized spacial score (nSPS) is 27.4. The Hall–Kier alpha value is -1.61. The molecule has 110 valence electrons. The molecule has 1 saturated carbocycles. The number of aromatic nitrogens is 2. The molecule has 0 amide bonds.